The van der Waals surface area contributed by atoms with Crippen LogP contribution in [0.4, 0.5) is 0 Å². The topological polar surface area (TPSA) is 22.1 Å². The molecule has 0 unspecified atom stereocenters. The van der Waals surface area contributed by atoms with Crippen molar-refractivity contribution >= 4 is 13.3 Å². The first-order chi connectivity index (χ1) is 6.05. The van der Waals surface area contributed by atoms with Crippen molar-refractivity contribution in [2.24, 2.45) is 0 Å². The van der Waals surface area contributed by atoms with Crippen molar-refractivity contribution < 1.29 is 4.74 Å². The van der Waals surface area contributed by atoms with Crippen LogP contribution in [0.25, 0.3) is 0 Å². The van der Waals surface area contributed by atoms with E-state index < -0.39 is 8.07 Å². The highest BCUT2D eigenvalue weighted by atomic mass is 28.3. The summed E-state index contributed by atoms with van der Waals surface area (Å²) in [4.78, 5) is 4.25. The smallest absolute Gasteiger partial charge is 0.212 e. The molecule has 0 amide bonds. The lowest BCUT2D eigenvalue weighted by Gasteiger charge is -2.19. The van der Waals surface area contributed by atoms with Crippen molar-refractivity contribution in [1.82, 2.24) is 4.98 Å². The summed E-state index contributed by atoms with van der Waals surface area (Å²) < 4.78 is 5.49. The van der Waals surface area contributed by atoms with Crippen molar-refractivity contribution in [2.75, 3.05) is 6.61 Å². The maximum absolute atomic E-state index is 5.49. The molecule has 0 aliphatic rings. The van der Waals surface area contributed by atoms with Crippen LogP contribution < -0.4 is 9.92 Å². The van der Waals surface area contributed by atoms with Crippen molar-refractivity contribution in [3.05, 3.63) is 18.3 Å². The minimum atomic E-state index is -1.30. The number of ether oxygens (including phenoxy) is 1. The Bertz CT molecular complexity index is 280. The van der Waals surface area contributed by atoms with Crippen LogP contribution in [0.3, 0.4) is 0 Å². The number of hydrogen-bond acceptors (Lipinski definition) is 2. The summed E-state index contributed by atoms with van der Waals surface area (Å²) in [5.41, 5.74) is 0. The average molecular weight is 195 g/mol. The molecule has 0 saturated carbocycles. The molecule has 1 heterocycles. The summed E-state index contributed by atoms with van der Waals surface area (Å²) in [5.74, 6) is 0.823. The quantitative estimate of drug-likeness (QED) is 0.688. The molecule has 0 spiro atoms. The highest BCUT2D eigenvalue weighted by Gasteiger charge is 2.21. The summed E-state index contributed by atoms with van der Waals surface area (Å²) in [6, 6.07) is 4.11. The molecule has 0 aromatic carbocycles. The first-order valence-electron chi connectivity index (χ1n) is 4.64. The largest absolute Gasteiger partial charge is 0.478 e. The van der Waals surface area contributed by atoms with Crippen LogP contribution >= 0.6 is 0 Å². The zero-order valence-corrected chi connectivity index (χ0v) is 9.79. The molecule has 72 valence electrons. The van der Waals surface area contributed by atoms with Gasteiger partial charge in [0.15, 0.2) is 0 Å². The van der Waals surface area contributed by atoms with Crippen LogP contribution in [0.2, 0.25) is 19.6 Å². The number of rotatable bonds is 3. The van der Waals surface area contributed by atoms with E-state index in [-0.39, 0.29) is 0 Å². The molecule has 1 aromatic rings. The molecule has 0 radical (unpaired) electrons. The van der Waals surface area contributed by atoms with Crippen LogP contribution in [0.5, 0.6) is 5.88 Å². The SMILES string of the molecule is CCOc1ncccc1[Si](C)(C)C. The van der Waals surface area contributed by atoms with Gasteiger partial charge in [0, 0.05) is 11.4 Å². The summed E-state index contributed by atoms with van der Waals surface area (Å²) in [7, 11) is -1.30. The second kappa shape index (κ2) is 3.92. The Kier molecular flexibility index (Phi) is 3.09. The fraction of sp³-hybridized carbons (Fsp3) is 0.500. The minimum absolute atomic E-state index is 0.689. The zero-order valence-electron chi connectivity index (χ0n) is 8.79. The lowest BCUT2D eigenvalue weighted by Crippen LogP contribution is -2.39. The van der Waals surface area contributed by atoms with Gasteiger partial charge in [-0.3, -0.25) is 0 Å². The standard InChI is InChI=1S/C10H17NOSi/c1-5-12-10-9(13(2,3)4)7-6-8-11-10/h6-8H,5H2,1-4H3. The van der Waals surface area contributed by atoms with Gasteiger partial charge in [0.1, 0.15) is 0 Å². The van der Waals surface area contributed by atoms with Gasteiger partial charge >= 0.3 is 0 Å². The molecule has 0 atom stereocenters. The number of hydrogen-bond donors (Lipinski definition) is 0. The Hall–Kier alpha value is -0.833. The number of nitrogens with zero attached hydrogens (tertiary/aromatic N) is 1. The Morgan fingerprint density at radius 2 is 2.08 bits per heavy atom. The number of aromatic nitrogens is 1. The predicted molar refractivity (Wildman–Crippen MR) is 58.4 cm³/mol. The van der Waals surface area contributed by atoms with Crippen molar-refractivity contribution in [3.8, 4) is 5.88 Å². The maximum atomic E-state index is 5.49. The zero-order chi connectivity index (χ0) is 9.90. The molecular weight excluding hydrogens is 178 g/mol. The Morgan fingerprint density at radius 1 is 1.38 bits per heavy atom. The molecular formula is C10H17NOSi. The summed E-state index contributed by atoms with van der Waals surface area (Å²) in [6.45, 7) is 9.57. The number of pyridine rings is 1. The Labute approximate surface area is 81.0 Å². The molecule has 0 aliphatic carbocycles. The van der Waals surface area contributed by atoms with Gasteiger partial charge in [-0.05, 0) is 13.0 Å². The Morgan fingerprint density at radius 3 is 2.62 bits per heavy atom. The highest BCUT2D eigenvalue weighted by molar-refractivity contribution is 6.89. The van der Waals surface area contributed by atoms with E-state index >= 15 is 0 Å². The molecule has 3 heteroatoms. The third-order valence-corrected chi connectivity index (χ3v) is 3.86. The highest BCUT2D eigenvalue weighted by Crippen LogP contribution is 2.10. The molecule has 0 aliphatic heterocycles. The van der Waals surface area contributed by atoms with Crippen molar-refractivity contribution in [1.29, 1.82) is 0 Å². The van der Waals surface area contributed by atoms with Gasteiger partial charge in [0.25, 0.3) is 0 Å². The lowest BCUT2D eigenvalue weighted by atomic mass is 10.5. The fourth-order valence-electron chi connectivity index (χ4n) is 1.21. The second-order valence-electron chi connectivity index (χ2n) is 4.04. The molecule has 1 rings (SSSR count). The minimum Gasteiger partial charge on any atom is -0.478 e. The van der Waals surface area contributed by atoms with E-state index in [9.17, 15) is 0 Å². The van der Waals surface area contributed by atoms with E-state index in [1.165, 1.54) is 5.19 Å². The molecule has 13 heavy (non-hydrogen) atoms. The van der Waals surface area contributed by atoms with Crippen LogP contribution in [0.15, 0.2) is 18.3 Å². The molecule has 0 N–H and O–H groups in total. The summed E-state index contributed by atoms with van der Waals surface area (Å²) in [5, 5.41) is 1.30. The van der Waals surface area contributed by atoms with Gasteiger partial charge in [-0.15, -0.1) is 0 Å². The van der Waals surface area contributed by atoms with E-state index in [0.29, 0.717) is 6.61 Å². The third kappa shape index (κ3) is 2.55. The van der Waals surface area contributed by atoms with Crippen LogP contribution in [-0.2, 0) is 0 Å². The first kappa shape index (κ1) is 10.2. The maximum Gasteiger partial charge on any atom is 0.212 e. The van der Waals surface area contributed by atoms with Gasteiger partial charge in [0.2, 0.25) is 5.88 Å². The molecule has 0 fully saturated rings. The normalized spacial score (nSPS) is 11.4. The fourth-order valence-corrected chi connectivity index (χ4v) is 2.59. The van der Waals surface area contributed by atoms with Gasteiger partial charge in [-0.2, -0.15) is 0 Å². The van der Waals surface area contributed by atoms with E-state index in [0.717, 1.165) is 5.88 Å². The predicted octanol–water partition coefficient (Wildman–Crippen LogP) is 2.03. The average Bonchev–Trinajstić information content (AvgIpc) is 2.04. The van der Waals surface area contributed by atoms with Crippen molar-refractivity contribution in [3.63, 3.8) is 0 Å². The van der Waals surface area contributed by atoms with Gasteiger partial charge in [-0.1, -0.05) is 25.7 Å². The molecule has 2 nitrogen and oxygen atoms in total. The van der Waals surface area contributed by atoms with E-state index in [1.807, 2.05) is 13.0 Å². The monoisotopic (exact) mass is 195 g/mol. The summed E-state index contributed by atoms with van der Waals surface area (Å²) >= 11 is 0. The molecule has 0 saturated heterocycles. The van der Waals surface area contributed by atoms with Crippen LogP contribution in [0, 0.1) is 0 Å². The van der Waals surface area contributed by atoms with E-state index in [1.54, 1.807) is 6.20 Å². The van der Waals surface area contributed by atoms with Gasteiger partial charge in [-0.25, -0.2) is 4.98 Å². The van der Waals surface area contributed by atoms with Crippen LogP contribution in [-0.4, -0.2) is 19.7 Å². The molecule has 0 bridgehead atoms. The van der Waals surface area contributed by atoms with E-state index in [4.69, 9.17) is 4.74 Å². The summed E-state index contributed by atoms with van der Waals surface area (Å²) in [6.07, 6.45) is 1.79. The Balaban J connectivity index is 3.05. The molecule has 1 aromatic heterocycles. The van der Waals surface area contributed by atoms with Crippen LogP contribution in [0.1, 0.15) is 6.92 Å². The first-order valence-corrected chi connectivity index (χ1v) is 8.14. The van der Waals surface area contributed by atoms with Gasteiger partial charge in [0.05, 0.1) is 14.7 Å². The van der Waals surface area contributed by atoms with Gasteiger partial charge < -0.3 is 4.74 Å². The second-order valence-corrected chi connectivity index (χ2v) is 9.08. The lowest BCUT2D eigenvalue weighted by molar-refractivity contribution is 0.329. The van der Waals surface area contributed by atoms with Crippen molar-refractivity contribution in [2.45, 2.75) is 26.6 Å². The van der Waals surface area contributed by atoms with E-state index in [2.05, 4.69) is 30.7 Å². The third-order valence-electron chi connectivity index (χ3n) is 1.86.